The van der Waals surface area contributed by atoms with Crippen LogP contribution < -0.4 is 5.73 Å². The van der Waals surface area contributed by atoms with Gasteiger partial charge in [0.2, 0.25) is 10.0 Å². The number of anilines is 1. The van der Waals surface area contributed by atoms with Crippen molar-refractivity contribution >= 4 is 27.3 Å². The summed E-state index contributed by atoms with van der Waals surface area (Å²) in [4.78, 5) is 0.0541. The molecule has 1 aromatic rings. The second-order valence-electron chi connectivity index (χ2n) is 5.06. The first-order valence-electron chi connectivity index (χ1n) is 6.50. The topological polar surface area (TPSA) is 72.6 Å². The lowest BCUT2D eigenvalue weighted by atomic mass is 10.0. The third-order valence-corrected chi connectivity index (χ3v) is 5.72. The summed E-state index contributed by atoms with van der Waals surface area (Å²) < 4.78 is 31.8. The molecule has 1 heterocycles. The molecular formula is C13H19ClN2O3S. The summed E-state index contributed by atoms with van der Waals surface area (Å²) in [6.07, 6.45) is 1.95. The fourth-order valence-corrected chi connectivity index (χ4v) is 4.05. The van der Waals surface area contributed by atoms with Crippen LogP contribution in [0.2, 0.25) is 5.02 Å². The van der Waals surface area contributed by atoms with Crippen molar-refractivity contribution in [2.24, 2.45) is 5.92 Å². The third-order valence-electron chi connectivity index (χ3n) is 3.41. The van der Waals surface area contributed by atoms with E-state index in [1.807, 2.05) is 0 Å². The molecule has 1 unspecified atom stereocenters. The molecule has 0 saturated carbocycles. The molecule has 20 heavy (non-hydrogen) atoms. The summed E-state index contributed by atoms with van der Waals surface area (Å²) in [7, 11) is -2.07. The van der Waals surface area contributed by atoms with Crippen LogP contribution in [0.15, 0.2) is 23.1 Å². The summed E-state index contributed by atoms with van der Waals surface area (Å²) in [6, 6.07) is 4.48. The first kappa shape index (κ1) is 15.6. The molecule has 0 spiro atoms. The van der Waals surface area contributed by atoms with Gasteiger partial charge in [-0.1, -0.05) is 11.6 Å². The highest BCUT2D eigenvalue weighted by molar-refractivity contribution is 7.89. The number of rotatable bonds is 4. The van der Waals surface area contributed by atoms with Crippen LogP contribution in [0.4, 0.5) is 5.69 Å². The van der Waals surface area contributed by atoms with Crippen molar-refractivity contribution in [1.29, 1.82) is 0 Å². The van der Waals surface area contributed by atoms with Gasteiger partial charge in [0.25, 0.3) is 0 Å². The Balaban J connectivity index is 2.18. The van der Waals surface area contributed by atoms with E-state index < -0.39 is 10.0 Å². The van der Waals surface area contributed by atoms with Gasteiger partial charge in [-0.3, -0.25) is 0 Å². The predicted octanol–water partition coefficient (Wildman–Crippen LogP) is 1.97. The largest absolute Gasteiger partial charge is 0.399 e. The van der Waals surface area contributed by atoms with Crippen molar-refractivity contribution < 1.29 is 13.2 Å². The summed E-state index contributed by atoms with van der Waals surface area (Å²) in [5.74, 6) is 0.225. The van der Waals surface area contributed by atoms with E-state index in [1.54, 1.807) is 13.1 Å². The van der Waals surface area contributed by atoms with Gasteiger partial charge in [0.1, 0.15) is 4.90 Å². The number of benzene rings is 1. The van der Waals surface area contributed by atoms with Gasteiger partial charge in [0.05, 0.1) is 11.6 Å². The number of hydrogen-bond acceptors (Lipinski definition) is 4. The van der Waals surface area contributed by atoms with Gasteiger partial charge in [0, 0.05) is 25.9 Å². The van der Waals surface area contributed by atoms with E-state index in [0.29, 0.717) is 18.8 Å². The molecule has 5 nitrogen and oxygen atoms in total. The van der Waals surface area contributed by atoms with Crippen molar-refractivity contribution in [2.75, 3.05) is 32.5 Å². The maximum atomic E-state index is 12.5. The Morgan fingerprint density at radius 3 is 2.90 bits per heavy atom. The fourth-order valence-electron chi connectivity index (χ4n) is 2.30. The van der Waals surface area contributed by atoms with Crippen LogP contribution in [0.1, 0.15) is 12.8 Å². The second-order valence-corrected chi connectivity index (χ2v) is 7.48. The smallest absolute Gasteiger partial charge is 0.244 e. The van der Waals surface area contributed by atoms with Crippen LogP contribution in [0.5, 0.6) is 0 Å². The molecule has 1 aromatic carbocycles. The van der Waals surface area contributed by atoms with Crippen LogP contribution in [0.25, 0.3) is 0 Å². The van der Waals surface area contributed by atoms with Gasteiger partial charge in [-0.2, -0.15) is 0 Å². The van der Waals surface area contributed by atoms with E-state index in [-0.39, 0.29) is 15.8 Å². The normalized spacial score (nSPS) is 20.2. The first-order chi connectivity index (χ1) is 9.41. The molecule has 1 saturated heterocycles. The molecule has 1 aliphatic rings. The average molecular weight is 319 g/mol. The Kier molecular flexibility index (Phi) is 4.90. The van der Waals surface area contributed by atoms with E-state index in [2.05, 4.69) is 0 Å². The highest BCUT2D eigenvalue weighted by atomic mass is 35.5. The Bertz CT molecular complexity index is 571. The Hall–Kier alpha value is -0.820. The van der Waals surface area contributed by atoms with E-state index in [4.69, 9.17) is 22.1 Å². The molecule has 2 N–H and O–H groups in total. The van der Waals surface area contributed by atoms with E-state index in [0.717, 1.165) is 19.4 Å². The standard InChI is InChI=1S/C13H19ClN2O3S/c1-16(8-10-3-2-6-19-9-10)20(17,18)13-7-11(15)4-5-12(13)14/h4-5,7,10H,2-3,6,8-9,15H2,1H3. The number of halogens is 1. The predicted molar refractivity (Wildman–Crippen MR) is 79.2 cm³/mol. The minimum atomic E-state index is -3.63. The molecule has 0 aliphatic carbocycles. The Morgan fingerprint density at radius 1 is 1.50 bits per heavy atom. The molecule has 0 aromatic heterocycles. The molecular weight excluding hydrogens is 300 g/mol. The van der Waals surface area contributed by atoms with Gasteiger partial charge >= 0.3 is 0 Å². The summed E-state index contributed by atoms with van der Waals surface area (Å²) in [5.41, 5.74) is 6.02. The first-order valence-corrected chi connectivity index (χ1v) is 8.32. The Labute approximate surface area is 124 Å². The van der Waals surface area contributed by atoms with Gasteiger partial charge < -0.3 is 10.5 Å². The van der Waals surface area contributed by atoms with E-state index in [9.17, 15) is 8.42 Å². The zero-order chi connectivity index (χ0) is 14.8. The molecule has 0 amide bonds. The molecule has 112 valence electrons. The quantitative estimate of drug-likeness (QED) is 0.861. The molecule has 1 aliphatic heterocycles. The zero-order valence-corrected chi connectivity index (χ0v) is 13.0. The van der Waals surface area contributed by atoms with E-state index >= 15 is 0 Å². The van der Waals surface area contributed by atoms with Crippen molar-refractivity contribution in [3.63, 3.8) is 0 Å². The van der Waals surface area contributed by atoms with E-state index in [1.165, 1.54) is 16.4 Å². The van der Waals surface area contributed by atoms with Crippen LogP contribution in [-0.4, -0.2) is 39.5 Å². The van der Waals surface area contributed by atoms with Gasteiger partial charge in [-0.15, -0.1) is 0 Å². The zero-order valence-electron chi connectivity index (χ0n) is 11.4. The van der Waals surface area contributed by atoms with Gasteiger partial charge in [-0.05, 0) is 37.0 Å². The molecule has 0 bridgehead atoms. The minimum absolute atomic E-state index is 0.0541. The lowest BCUT2D eigenvalue weighted by Crippen LogP contribution is -2.35. The summed E-state index contributed by atoms with van der Waals surface area (Å²) in [6.45, 7) is 1.78. The molecule has 1 fully saturated rings. The van der Waals surface area contributed by atoms with Crippen LogP contribution in [0.3, 0.4) is 0 Å². The summed E-state index contributed by atoms with van der Waals surface area (Å²) in [5, 5.41) is 0.186. The average Bonchev–Trinajstić information content (AvgIpc) is 2.42. The monoisotopic (exact) mass is 318 g/mol. The van der Waals surface area contributed by atoms with Crippen molar-refractivity contribution in [1.82, 2.24) is 4.31 Å². The summed E-state index contributed by atoms with van der Waals surface area (Å²) >= 11 is 5.98. The van der Waals surface area contributed by atoms with Crippen LogP contribution in [-0.2, 0) is 14.8 Å². The maximum Gasteiger partial charge on any atom is 0.244 e. The second kappa shape index (κ2) is 6.30. The van der Waals surface area contributed by atoms with Gasteiger partial charge in [-0.25, -0.2) is 12.7 Å². The number of nitrogen functional groups attached to an aromatic ring is 1. The molecule has 2 rings (SSSR count). The van der Waals surface area contributed by atoms with Crippen molar-refractivity contribution in [3.05, 3.63) is 23.2 Å². The molecule has 0 radical (unpaired) electrons. The van der Waals surface area contributed by atoms with Crippen molar-refractivity contribution in [2.45, 2.75) is 17.7 Å². The van der Waals surface area contributed by atoms with Crippen molar-refractivity contribution in [3.8, 4) is 0 Å². The Morgan fingerprint density at radius 2 is 2.25 bits per heavy atom. The highest BCUT2D eigenvalue weighted by Crippen LogP contribution is 2.27. The fraction of sp³-hybridized carbons (Fsp3) is 0.538. The lowest BCUT2D eigenvalue weighted by Gasteiger charge is -2.27. The number of nitrogens with two attached hydrogens (primary N) is 1. The maximum absolute atomic E-state index is 12.5. The van der Waals surface area contributed by atoms with Gasteiger partial charge in [0.15, 0.2) is 0 Å². The number of hydrogen-bond donors (Lipinski definition) is 1. The molecule has 7 heteroatoms. The number of ether oxygens (including phenoxy) is 1. The number of nitrogens with zero attached hydrogens (tertiary/aromatic N) is 1. The lowest BCUT2D eigenvalue weighted by molar-refractivity contribution is 0.0495. The third kappa shape index (κ3) is 3.44. The van der Waals surface area contributed by atoms with Crippen LogP contribution >= 0.6 is 11.6 Å². The minimum Gasteiger partial charge on any atom is -0.399 e. The number of sulfonamides is 1. The molecule has 1 atom stereocenters. The SMILES string of the molecule is CN(CC1CCCOC1)S(=O)(=O)c1cc(N)ccc1Cl. The highest BCUT2D eigenvalue weighted by Gasteiger charge is 2.27. The van der Waals surface area contributed by atoms with Crippen LogP contribution in [0, 0.1) is 5.92 Å².